The second-order valence-corrected chi connectivity index (χ2v) is 4.14. The number of nitrogen functional groups attached to an aromatic ring is 1. The van der Waals surface area contributed by atoms with Crippen molar-refractivity contribution in [3.8, 4) is 0 Å². The molecule has 76 valence electrons. The van der Waals surface area contributed by atoms with Crippen molar-refractivity contribution in [2.45, 2.75) is 32.0 Å². The summed E-state index contributed by atoms with van der Waals surface area (Å²) in [7, 11) is 0. The molecule has 0 bridgehead atoms. The summed E-state index contributed by atoms with van der Waals surface area (Å²) in [5.41, 5.74) is 7.54. The number of ether oxygens (including phenoxy) is 1. The summed E-state index contributed by atoms with van der Waals surface area (Å²) in [5.74, 6) is 0. The van der Waals surface area contributed by atoms with Crippen molar-refractivity contribution in [1.82, 2.24) is 0 Å². The molecule has 1 saturated carbocycles. The van der Waals surface area contributed by atoms with Crippen molar-refractivity contribution in [2.24, 2.45) is 0 Å². The summed E-state index contributed by atoms with van der Waals surface area (Å²) < 4.78 is 5.66. The Labute approximate surface area is 89.0 Å². The first-order chi connectivity index (χ1) is 6.75. The summed E-state index contributed by atoms with van der Waals surface area (Å²) in [5, 5.41) is 0.714. The van der Waals surface area contributed by atoms with Crippen LogP contribution < -0.4 is 5.73 Å². The van der Waals surface area contributed by atoms with Gasteiger partial charge in [0.1, 0.15) is 0 Å². The Morgan fingerprint density at radius 1 is 1.43 bits per heavy atom. The lowest BCUT2D eigenvalue weighted by Gasteiger charge is -2.25. The maximum absolute atomic E-state index is 5.87. The number of hydrogen-bond acceptors (Lipinski definition) is 2. The molecule has 3 heteroatoms. The molecule has 2 N–H and O–H groups in total. The van der Waals surface area contributed by atoms with Crippen molar-refractivity contribution >= 4 is 17.3 Å². The molecule has 14 heavy (non-hydrogen) atoms. The average Bonchev–Trinajstić information content (AvgIpc) is 2.08. The molecule has 0 amide bonds. The highest BCUT2D eigenvalue weighted by Gasteiger charge is 2.17. The van der Waals surface area contributed by atoms with Gasteiger partial charge in [-0.15, -0.1) is 0 Å². The number of rotatable bonds is 3. The molecule has 1 aliphatic carbocycles. The third kappa shape index (κ3) is 2.20. The molecule has 0 spiro atoms. The van der Waals surface area contributed by atoms with E-state index in [1.54, 1.807) is 6.07 Å². The van der Waals surface area contributed by atoms with Crippen LogP contribution in [0.2, 0.25) is 5.02 Å². The normalized spacial score (nSPS) is 16.6. The van der Waals surface area contributed by atoms with Crippen LogP contribution in [-0.2, 0) is 11.3 Å². The predicted molar refractivity (Wildman–Crippen MR) is 58.3 cm³/mol. The molecule has 0 saturated heterocycles. The van der Waals surface area contributed by atoms with E-state index in [1.165, 1.54) is 19.3 Å². The Kier molecular flexibility index (Phi) is 2.94. The third-order valence-corrected chi connectivity index (χ3v) is 2.87. The SMILES string of the molecule is Nc1ccc(Cl)cc1COC1CCC1. The summed E-state index contributed by atoms with van der Waals surface area (Å²) >= 11 is 5.87. The molecular formula is C11H14ClNO. The zero-order valence-corrected chi connectivity index (χ0v) is 8.76. The second kappa shape index (κ2) is 4.20. The molecule has 1 aromatic carbocycles. The summed E-state index contributed by atoms with van der Waals surface area (Å²) in [6, 6.07) is 5.49. The molecule has 0 heterocycles. The van der Waals surface area contributed by atoms with Gasteiger partial charge in [0.2, 0.25) is 0 Å². The Morgan fingerprint density at radius 3 is 2.86 bits per heavy atom. The van der Waals surface area contributed by atoms with E-state index >= 15 is 0 Å². The van der Waals surface area contributed by atoms with Gasteiger partial charge in [0.15, 0.2) is 0 Å². The Hall–Kier alpha value is -0.730. The lowest BCUT2D eigenvalue weighted by atomic mass is 9.96. The van der Waals surface area contributed by atoms with Crippen LogP contribution in [0.25, 0.3) is 0 Å². The van der Waals surface area contributed by atoms with Crippen molar-refractivity contribution in [1.29, 1.82) is 0 Å². The molecule has 2 rings (SSSR count). The lowest BCUT2D eigenvalue weighted by Crippen LogP contribution is -2.21. The second-order valence-electron chi connectivity index (χ2n) is 3.71. The number of halogens is 1. The van der Waals surface area contributed by atoms with E-state index in [0.29, 0.717) is 17.7 Å². The van der Waals surface area contributed by atoms with E-state index in [0.717, 1.165) is 11.3 Å². The van der Waals surface area contributed by atoms with Crippen LogP contribution in [0.3, 0.4) is 0 Å². The topological polar surface area (TPSA) is 35.2 Å². The van der Waals surface area contributed by atoms with Crippen LogP contribution in [0.4, 0.5) is 5.69 Å². The summed E-state index contributed by atoms with van der Waals surface area (Å²) in [4.78, 5) is 0. The minimum Gasteiger partial charge on any atom is -0.398 e. The monoisotopic (exact) mass is 211 g/mol. The molecule has 0 aromatic heterocycles. The Morgan fingerprint density at radius 2 is 2.21 bits per heavy atom. The van der Waals surface area contributed by atoms with Crippen LogP contribution in [0.1, 0.15) is 24.8 Å². The molecule has 0 atom stereocenters. The van der Waals surface area contributed by atoms with Crippen molar-refractivity contribution in [2.75, 3.05) is 5.73 Å². The fourth-order valence-electron chi connectivity index (χ4n) is 1.44. The largest absolute Gasteiger partial charge is 0.398 e. The molecule has 0 unspecified atom stereocenters. The first-order valence-corrected chi connectivity index (χ1v) is 5.29. The standard InChI is InChI=1S/C11H14ClNO/c12-9-4-5-11(13)8(6-9)7-14-10-2-1-3-10/h4-6,10H,1-3,7,13H2. The molecule has 1 fully saturated rings. The molecule has 2 nitrogen and oxygen atoms in total. The van der Waals surface area contributed by atoms with E-state index < -0.39 is 0 Å². The van der Waals surface area contributed by atoms with Crippen molar-refractivity contribution in [3.63, 3.8) is 0 Å². The average molecular weight is 212 g/mol. The van der Waals surface area contributed by atoms with Crippen molar-refractivity contribution in [3.05, 3.63) is 28.8 Å². The zero-order chi connectivity index (χ0) is 9.97. The van der Waals surface area contributed by atoms with Gasteiger partial charge in [0.05, 0.1) is 12.7 Å². The maximum Gasteiger partial charge on any atom is 0.0741 e. The van der Waals surface area contributed by atoms with Crippen LogP contribution in [0.15, 0.2) is 18.2 Å². The Bertz CT molecular complexity index is 323. The van der Waals surface area contributed by atoms with Gasteiger partial charge in [-0.25, -0.2) is 0 Å². The van der Waals surface area contributed by atoms with Crippen LogP contribution >= 0.6 is 11.6 Å². The van der Waals surface area contributed by atoms with Crippen LogP contribution in [-0.4, -0.2) is 6.10 Å². The van der Waals surface area contributed by atoms with Gasteiger partial charge in [-0.1, -0.05) is 11.6 Å². The summed E-state index contributed by atoms with van der Waals surface area (Å²) in [6.07, 6.45) is 4.09. The maximum atomic E-state index is 5.87. The highest BCUT2D eigenvalue weighted by molar-refractivity contribution is 6.30. The van der Waals surface area contributed by atoms with E-state index in [2.05, 4.69) is 0 Å². The lowest BCUT2D eigenvalue weighted by molar-refractivity contribution is -0.00841. The van der Waals surface area contributed by atoms with Gasteiger partial charge < -0.3 is 10.5 Å². The van der Waals surface area contributed by atoms with Gasteiger partial charge in [-0.2, -0.15) is 0 Å². The molecule has 0 radical (unpaired) electrons. The first kappa shape index (κ1) is 9.81. The number of hydrogen-bond donors (Lipinski definition) is 1. The minimum absolute atomic E-state index is 0.438. The molecule has 0 aliphatic heterocycles. The highest BCUT2D eigenvalue weighted by atomic mass is 35.5. The number of benzene rings is 1. The van der Waals surface area contributed by atoms with Gasteiger partial charge in [-0.3, -0.25) is 0 Å². The van der Waals surface area contributed by atoms with E-state index in [9.17, 15) is 0 Å². The minimum atomic E-state index is 0.438. The fraction of sp³-hybridized carbons (Fsp3) is 0.455. The molecule has 1 aromatic rings. The van der Waals surface area contributed by atoms with E-state index in [-0.39, 0.29) is 0 Å². The smallest absolute Gasteiger partial charge is 0.0741 e. The molecular weight excluding hydrogens is 198 g/mol. The summed E-state index contributed by atoms with van der Waals surface area (Å²) in [6.45, 7) is 0.580. The molecule has 1 aliphatic rings. The van der Waals surface area contributed by atoms with Gasteiger partial charge >= 0.3 is 0 Å². The quantitative estimate of drug-likeness (QED) is 0.781. The van der Waals surface area contributed by atoms with Gasteiger partial charge in [0, 0.05) is 16.3 Å². The first-order valence-electron chi connectivity index (χ1n) is 4.91. The van der Waals surface area contributed by atoms with Crippen LogP contribution in [0.5, 0.6) is 0 Å². The van der Waals surface area contributed by atoms with E-state index in [1.807, 2.05) is 12.1 Å². The predicted octanol–water partition coefficient (Wildman–Crippen LogP) is 2.99. The fourth-order valence-corrected chi connectivity index (χ4v) is 1.64. The third-order valence-electron chi connectivity index (χ3n) is 2.63. The van der Waals surface area contributed by atoms with Crippen molar-refractivity contribution < 1.29 is 4.74 Å². The van der Waals surface area contributed by atoms with E-state index in [4.69, 9.17) is 22.1 Å². The zero-order valence-electron chi connectivity index (χ0n) is 8.00. The van der Waals surface area contributed by atoms with Gasteiger partial charge in [0.25, 0.3) is 0 Å². The Balaban J connectivity index is 1.96. The highest BCUT2D eigenvalue weighted by Crippen LogP contribution is 2.25. The van der Waals surface area contributed by atoms with Crippen LogP contribution in [0, 0.1) is 0 Å². The van der Waals surface area contributed by atoms with Gasteiger partial charge in [-0.05, 0) is 37.5 Å². The number of nitrogens with two attached hydrogens (primary N) is 1. The number of anilines is 1.